The Balaban J connectivity index is 1.48. The van der Waals surface area contributed by atoms with Crippen LogP contribution in [0.4, 0.5) is 0 Å². The van der Waals surface area contributed by atoms with E-state index in [1.807, 2.05) is 6.07 Å². The molecule has 0 bridgehead atoms. The van der Waals surface area contributed by atoms with Gasteiger partial charge in [0.1, 0.15) is 5.69 Å². The fourth-order valence-electron chi connectivity index (χ4n) is 5.99. The normalized spacial score (nSPS) is 22.6. The average Bonchev–Trinajstić information content (AvgIpc) is 3.39. The Morgan fingerprint density at radius 1 is 1.18 bits per heavy atom. The third-order valence-electron chi connectivity index (χ3n) is 7.32. The molecular weight excluding hydrogens is 482 g/mol. The molecular formula is C25H26BrN5O2. The number of hydrogen-bond donors (Lipinski definition) is 0. The van der Waals surface area contributed by atoms with Crippen LogP contribution in [-0.4, -0.2) is 58.0 Å². The molecule has 4 heterocycles. The first kappa shape index (κ1) is 21.0. The van der Waals surface area contributed by atoms with Crippen LogP contribution in [0.25, 0.3) is 33.9 Å². The maximum atomic E-state index is 6.21. The van der Waals surface area contributed by atoms with E-state index in [0.717, 1.165) is 41.7 Å². The number of ether oxygens (including phenoxy) is 1. The number of benzene rings is 1. The smallest absolute Gasteiger partial charge is 0.264 e. The molecule has 7 nitrogen and oxygen atoms in total. The molecule has 1 aliphatic heterocycles. The van der Waals surface area contributed by atoms with Gasteiger partial charge in [-0.1, -0.05) is 12.1 Å². The number of piperidine rings is 1. The van der Waals surface area contributed by atoms with E-state index in [-0.39, 0.29) is 0 Å². The summed E-state index contributed by atoms with van der Waals surface area (Å²) in [4.78, 5) is 6.74. The summed E-state index contributed by atoms with van der Waals surface area (Å²) < 4.78 is 14.8. The number of aromatic nitrogens is 4. The number of fused-ring (bicyclic) bond motifs is 2. The van der Waals surface area contributed by atoms with Gasteiger partial charge in [0.15, 0.2) is 0 Å². The monoisotopic (exact) mass is 507 g/mol. The molecule has 2 aliphatic rings. The molecule has 0 saturated carbocycles. The summed E-state index contributed by atoms with van der Waals surface area (Å²) in [6.07, 6.45) is 5.61. The molecule has 0 N–H and O–H groups in total. The fourth-order valence-corrected chi connectivity index (χ4v) is 6.36. The van der Waals surface area contributed by atoms with Crippen LogP contribution in [0.5, 0.6) is 0 Å². The third-order valence-corrected chi connectivity index (χ3v) is 7.75. The molecule has 3 aromatic heterocycles. The second kappa shape index (κ2) is 8.04. The average molecular weight is 508 g/mol. The van der Waals surface area contributed by atoms with E-state index < -0.39 is 0 Å². The lowest BCUT2D eigenvalue weighted by Crippen LogP contribution is -2.48. The molecule has 6 rings (SSSR count). The van der Waals surface area contributed by atoms with E-state index >= 15 is 0 Å². The minimum Gasteiger partial charge on any atom is -0.415 e. The molecule has 33 heavy (non-hydrogen) atoms. The van der Waals surface area contributed by atoms with Crippen molar-refractivity contribution in [3.63, 3.8) is 0 Å². The zero-order valence-electron chi connectivity index (χ0n) is 19.0. The number of rotatable bonds is 4. The van der Waals surface area contributed by atoms with E-state index in [1.54, 1.807) is 19.5 Å². The molecule has 1 aromatic carbocycles. The second-order valence-corrected chi connectivity index (χ2v) is 10.2. The van der Waals surface area contributed by atoms with Crippen LogP contribution in [0.3, 0.4) is 0 Å². The van der Waals surface area contributed by atoms with Gasteiger partial charge in [0.25, 0.3) is 5.89 Å². The number of hydrogen-bond acceptors (Lipinski definition) is 6. The quantitative estimate of drug-likeness (QED) is 0.400. The maximum absolute atomic E-state index is 6.21. The third kappa shape index (κ3) is 3.34. The topological polar surface area (TPSA) is 69.2 Å². The van der Waals surface area contributed by atoms with E-state index in [4.69, 9.17) is 9.15 Å². The molecule has 170 valence electrons. The van der Waals surface area contributed by atoms with Crippen molar-refractivity contribution in [3.8, 4) is 23.0 Å². The molecule has 8 heteroatoms. The van der Waals surface area contributed by atoms with Gasteiger partial charge in [-0.15, -0.1) is 10.2 Å². The van der Waals surface area contributed by atoms with Gasteiger partial charge in [-0.05, 0) is 65.0 Å². The lowest BCUT2D eigenvalue weighted by Gasteiger charge is -2.45. The molecule has 3 atom stereocenters. The Labute approximate surface area is 200 Å². The van der Waals surface area contributed by atoms with Gasteiger partial charge in [-0.3, -0.25) is 4.98 Å². The van der Waals surface area contributed by atoms with Crippen molar-refractivity contribution in [1.82, 2.24) is 24.6 Å². The van der Waals surface area contributed by atoms with Gasteiger partial charge in [-0.25, -0.2) is 0 Å². The van der Waals surface area contributed by atoms with E-state index in [1.165, 1.54) is 22.0 Å². The Kier molecular flexibility index (Phi) is 5.12. The summed E-state index contributed by atoms with van der Waals surface area (Å²) in [5, 5.41) is 10.2. The second-order valence-electron chi connectivity index (χ2n) is 9.31. The van der Waals surface area contributed by atoms with Gasteiger partial charge < -0.3 is 18.6 Å². The number of aryl methyl sites for hydroxylation is 1. The highest BCUT2D eigenvalue weighted by molar-refractivity contribution is 9.10. The van der Waals surface area contributed by atoms with Gasteiger partial charge >= 0.3 is 0 Å². The first-order valence-corrected chi connectivity index (χ1v) is 12.1. The summed E-state index contributed by atoms with van der Waals surface area (Å²) in [6.45, 7) is 1.87. The first-order chi connectivity index (χ1) is 16.0. The predicted octanol–water partition coefficient (Wildman–Crippen LogP) is 4.66. The molecule has 1 saturated heterocycles. The van der Waals surface area contributed by atoms with Gasteiger partial charge in [-0.2, -0.15) is 0 Å². The fraction of sp³-hybridized carbons (Fsp3) is 0.400. The Morgan fingerprint density at radius 2 is 2.03 bits per heavy atom. The molecule has 0 spiro atoms. The Bertz CT molecular complexity index is 1350. The van der Waals surface area contributed by atoms with Crippen molar-refractivity contribution in [2.45, 2.75) is 24.8 Å². The lowest BCUT2D eigenvalue weighted by molar-refractivity contribution is 0.0587. The first-order valence-electron chi connectivity index (χ1n) is 11.3. The van der Waals surface area contributed by atoms with Crippen molar-refractivity contribution < 1.29 is 9.15 Å². The summed E-state index contributed by atoms with van der Waals surface area (Å²) >= 11 is 3.47. The molecule has 0 radical (unpaired) electrons. The highest BCUT2D eigenvalue weighted by Crippen LogP contribution is 2.48. The van der Waals surface area contributed by atoms with Gasteiger partial charge in [0.2, 0.25) is 5.89 Å². The summed E-state index contributed by atoms with van der Waals surface area (Å²) in [7, 11) is 6.15. The van der Waals surface area contributed by atoms with Crippen LogP contribution in [0.2, 0.25) is 0 Å². The number of methoxy groups -OCH3 is 1. The maximum Gasteiger partial charge on any atom is 0.264 e. The van der Waals surface area contributed by atoms with Crippen molar-refractivity contribution in [2.75, 3.05) is 27.3 Å². The minimum absolute atomic E-state index is 0.453. The molecule has 1 unspecified atom stereocenters. The number of nitrogens with zero attached hydrogens (tertiary/aromatic N) is 5. The van der Waals surface area contributed by atoms with Crippen LogP contribution in [0, 0.1) is 5.92 Å². The van der Waals surface area contributed by atoms with Crippen molar-refractivity contribution in [2.24, 2.45) is 13.0 Å². The van der Waals surface area contributed by atoms with Crippen molar-refractivity contribution >= 4 is 26.8 Å². The van der Waals surface area contributed by atoms with Crippen LogP contribution in [-0.2, 0) is 18.2 Å². The number of halogens is 1. The van der Waals surface area contributed by atoms with E-state index in [9.17, 15) is 0 Å². The van der Waals surface area contributed by atoms with Crippen LogP contribution >= 0.6 is 15.9 Å². The zero-order chi connectivity index (χ0) is 22.7. The largest absolute Gasteiger partial charge is 0.415 e. The lowest BCUT2D eigenvalue weighted by atomic mass is 9.72. The van der Waals surface area contributed by atoms with Crippen LogP contribution in [0.15, 0.2) is 45.5 Å². The summed E-state index contributed by atoms with van der Waals surface area (Å²) in [6, 6.07) is 9.07. The molecule has 4 aromatic rings. The highest BCUT2D eigenvalue weighted by atomic mass is 79.9. The highest BCUT2D eigenvalue weighted by Gasteiger charge is 2.41. The van der Waals surface area contributed by atoms with Gasteiger partial charge in [0.05, 0.1) is 12.2 Å². The molecule has 1 fully saturated rings. The van der Waals surface area contributed by atoms with E-state index in [0.29, 0.717) is 29.7 Å². The molecule has 1 aliphatic carbocycles. The van der Waals surface area contributed by atoms with Crippen LogP contribution in [0.1, 0.15) is 23.5 Å². The summed E-state index contributed by atoms with van der Waals surface area (Å²) in [5.41, 5.74) is 5.78. The zero-order valence-corrected chi connectivity index (χ0v) is 20.5. The number of pyridine rings is 1. The van der Waals surface area contributed by atoms with E-state index in [2.05, 4.69) is 72.9 Å². The Hall–Kier alpha value is -2.55. The Morgan fingerprint density at radius 3 is 2.85 bits per heavy atom. The number of likely N-dealkylation sites (N-methyl/N-ethyl adjacent to an activating group) is 1. The van der Waals surface area contributed by atoms with Crippen LogP contribution < -0.4 is 0 Å². The van der Waals surface area contributed by atoms with Crippen molar-refractivity contribution in [1.29, 1.82) is 0 Å². The molecule has 0 amide bonds. The van der Waals surface area contributed by atoms with Gasteiger partial charge in [0, 0.05) is 60.4 Å². The number of likely N-dealkylation sites (tertiary alicyclic amines) is 1. The predicted molar refractivity (Wildman–Crippen MR) is 130 cm³/mol. The standard InChI is InChI=1S/C25H26BrN5O2/c1-30-12-14(13-32-3)7-18-17-5-4-6-20-22(17)19(9-21(18)30)23(31(20)2)25-29-28-24(33-25)15-8-16(26)11-27-10-15/h4-6,8,10-11,14,18,21H,7,9,12-13H2,1-3H3/t14-,18?,21-/m1/s1. The summed E-state index contributed by atoms with van der Waals surface area (Å²) in [5.74, 6) is 2.08. The SMILES string of the molecule is COC[C@@H]1CC2c3cccc4c3c(c(-c3nnc(-c5cncc(Br)c5)o3)n4C)C[C@H]2N(C)C1. The van der Waals surface area contributed by atoms with Crippen molar-refractivity contribution in [3.05, 3.63) is 52.3 Å². The minimum atomic E-state index is 0.453.